The van der Waals surface area contributed by atoms with Crippen LogP contribution in [0.25, 0.3) is 5.69 Å². The predicted octanol–water partition coefficient (Wildman–Crippen LogP) is 5.60. The van der Waals surface area contributed by atoms with Crippen LogP contribution in [0, 0.1) is 24.7 Å². The molecule has 4 aromatic rings. The van der Waals surface area contributed by atoms with Gasteiger partial charge in [-0.2, -0.15) is 26.3 Å². The fourth-order valence-corrected chi connectivity index (χ4v) is 3.37. The summed E-state index contributed by atoms with van der Waals surface area (Å²) in [7, 11) is 1.08. The first kappa shape index (κ1) is 28.0. The Morgan fingerprint density at radius 3 is 2.30 bits per heavy atom. The predicted molar refractivity (Wildman–Crippen MR) is 124 cm³/mol. The van der Waals surface area contributed by atoms with Crippen LogP contribution in [0.1, 0.15) is 22.8 Å². The maximum Gasteiger partial charge on any atom is 0.420 e. The summed E-state index contributed by atoms with van der Waals surface area (Å²) in [5, 5.41) is 0. The molecule has 0 aliphatic heterocycles. The van der Waals surface area contributed by atoms with Gasteiger partial charge in [0.2, 0.25) is 0 Å². The summed E-state index contributed by atoms with van der Waals surface area (Å²) in [5.41, 5.74) is -5.97. The van der Waals surface area contributed by atoms with Gasteiger partial charge in [0.25, 0.3) is 5.89 Å². The first-order chi connectivity index (χ1) is 18.6. The maximum atomic E-state index is 14.0. The molecule has 15 heteroatoms. The molecule has 2 aromatic carbocycles. The van der Waals surface area contributed by atoms with Crippen molar-refractivity contribution in [1.82, 2.24) is 14.1 Å². The van der Waals surface area contributed by atoms with Crippen molar-refractivity contribution in [1.29, 1.82) is 0 Å². The van der Waals surface area contributed by atoms with E-state index in [0.29, 0.717) is 19.8 Å². The van der Waals surface area contributed by atoms with E-state index in [9.17, 15) is 40.3 Å². The number of anilines is 1. The van der Waals surface area contributed by atoms with Crippen molar-refractivity contribution in [3.63, 3.8) is 0 Å². The minimum atomic E-state index is -5.45. The average Bonchev–Trinajstić information content (AvgIpc) is 3.46. The summed E-state index contributed by atoms with van der Waals surface area (Å²) in [6, 6.07) is 6.47. The summed E-state index contributed by atoms with van der Waals surface area (Å²) in [5.74, 6) is 0.635. The van der Waals surface area contributed by atoms with Crippen molar-refractivity contribution < 1.29 is 44.7 Å². The minimum Gasteiger partial charge on any atom is -0.435 e. The molecule has 0 fully saturated rings. The van der Waals surface area contributed by atoms with Crippen molar-refractivity contribution in [3.05, 3.63) is 94.1 Å². The van der Waals surface area contributed by atoms with Gasteiger partial charge in [0, 0.05) is 37.1 Å². The zero-order valence-corrected chi connectivity index (χ0v) is 20.3. The Hall–Kier alpha value is -5.00. The molecule has 2 aromatic heterocycles. The standard InChI is InChI=1S/C25H15F7N4O4/c1-14-13-33-20(39-14)7-8-35-9-10-36(22(35)37)19-12-15(24(27,28)29)11-18(25(30,31)32)21(19)40-23(38)34(2)17-5-3-16(26)4-6-17/h3-6,9-13H,1-2H3. The molecule has 40 heavy (non-hydrogen) atoms. The van der Waals surface area contributed by atoms with Crippen molar-refractivity contribution in [2.45, 2.75) is 19.3 Å². The Bertz CT molecular complexity index is 1690. The summed E-state index contributed by atoms with van der Waals surface area (Å²) in [6.45, 7) is 1.57. The molecule has 0 saturated heterocycles. The van der Waals surface area contributed by atoms with E-state index in [4.69, 9.17) is 9.15 Å². The van der Waals surface area contributed by atoms with E-state index in [-0.39, 0.29) is 23.7 Å². The van der Waals surface area contributed by atoms with E-state index in [1.54, 1.807) is 6.92 Å². The van der Waals surface area contributed by atoms with Crippen LogP contribution in [0.3, 0.4) is 0 Å². The molecule has 0 radical (unpaired) electrons. The lowest BCUT2D eigenvalue weighted by atomic mass is 10.1. The summed E-state index contributed by atoms with van der Waals surface area (Å²) >= 11 is 0. The quantitative estimate of drug-likeness (QED) is 0.237. The summed E-state index contributed by atoms with van der Waals surface area (Å²) < 4.78 is 107. The summed E-state index contributed by atoms with van der Waals surface area (Å²) in [4.78, 5) is 30.2. The molecule has 0 aliphatic rings. The van der Waals surface area contributed by atoms with Crippen LogP contribution in [-0.2, 0) is 12.4 Å². The first-order valence-corrected chi connectivity index (χ1v) is 10.9. The van der Waals surface area contributed by atoms with E-state index in [2.05, 4.69) is 16.9 Å². The Kier molecular flexibility index (Phi) is 7.20. The molecule has 2 heterocycles. The van der Waals surface area contributed by atoms with Crippen LogP contribution in [-0.4, -0.2) is 27.3 Å². The number of carbonyl (C=O) groups is 1. The largest absolute Gasteiger partial charge is 0.435 e. The minimum absolute atomic E-state index is 0.00575. The zero-order chi connectivity index (χ0) is 29.4. The van der Waals surface area contributed by atoms with Crippen LogP contribution in [0.2, 0.25) is 0 Å². The molecule has 0 N–H and O–H groups in total. The van der Waals surface area contributed by atoms with E-state index in [1.807, 2.05) is 0 Å². The van der Waals surface area contributed by atoms with Gasteiger partial charge in [0.1, 0.15) is 17.1 Å². The van der Waals surface area contributed by atoms with Gasteiger partial charge in [-0.1, -0.05) is 0 Å². The van der Waals surface area contributed by atoms with E-state index in [0.717, 1.165) is 43.7 Å². The number of nitrogens with zero attached hydrogens (tertiary/aromatic N) is 4. The van der Waals surface area contributed by atoms with E-state index >= 15 is 0 Å². The number of benzene rings is 2. The highest BCUT2D eigenvalue weighted by Gasteiger charge is 2.42. The monoisotopic (exact) mass is 568 g/mol. The Morgan fingerprint density at radius 1 is 1.05 bits per heavy atom. The third kappa shape index (κ3) is 5.85. The highest BCUT2D eigenvalue weighted by Crippen LogP contribution is 2.44. The van der Waals surface area contributed by atoms with Crippen LogP contribution >= 0.6 is 0 Å². The lowest BCUT2D eigenvalue weighted by Crippen LogP contribution is -2.31. The fourth-order valence-electron chi connectivity index (χ4n) is 3.37. The fraction of sp³-hybridized carbons (Fsp3) is 0.160. The smallest absolute Gasteiger partial charge is 0.420 e. The number of hydrogen-bond donors (Lipinski definition) is 0. The highest BCUT2D eigenvalue weighted by molar-refractivity contribution is 5.89. The lowest BCUT2D eigenvalue weighted by molar-refractivity contribution is -0.143. The molecule has 0 spiro atoms. The van der Waals surface area contributed by atoms with Crippen molar-refractivity contribution in [2.24, 2.45) is 0 Å². The van der Waals surface area contributed by atoms with Gasteiger partial charge < -0.3 is 9.15 Å². The van der Waals surface area contributed by atoms with Gasteiger partial charge in [0.05, 0.1) is 17.4 Å². The number of ether oxygens (including phenoxy) is 1. The molecule has 208 valence electrons. The Morgan fingerprint density at radius 2 is 1.73 bits per heavy atom. The zero-order valence-electron chi connectivity index (χ0n) is 20.3. The third-order valence-corrected chi connectivity index (χ3v) is 5.32. The second-order valence-corrected chi connectivity index (χ2v) is 8.10. The molecular formula is C25H15F7N4O4. The molecular weight excluding hydrogens is 553 g/mol. The molecule has 0 unspecified atom stereocenters. The number of imidazole rings is 1. The normalized spacial score (nSPS) is 11.6. The average molecular weight is 568 g/mol. The third-order valence-electron chi connectivity index (χ3n) is 5.32. The van der Waals surface area contributed by atoms with Crippen LogP contribution in [0.15, 0.2) is 64.2 Å². The topological polar surface area (TPSA) is 82.5 Å². The van der Waals surface area contributed by atoms with Gasteiger partial charge in [-0.05, 0) is 43.3 Å². The van der Waals surface area contributed by atoms with Crippen molar-refractivity contribution in [3.8, 4) is 23.4 Å². The number of hydrogen-bond acceptors (Lipinski definition) is 5. The van der Waals surface area contributed by atoms with Crippen molar-refractivity contribution >= 4 is 11.8 Å². The molecule has 1 amide bonds. The number of alkyl halides is 6. The van der Waals surface area contributed by atoms with Crippen molar-refractivity contribution in [2.75, 3.05) is 11.9 Å². The number of aryl methyl sites for hydroxylation is 1. The SMILES string of the molecule is Cc1cnc(C#Cn2ccn(-c3cc(C(F)(F)F)cc(C(F)(F)F)c3OC(=O)N(C)c3ccc(F)cc3)c2=O)o1. The van der Waals surface area contributed by atoms with E-state index < -0.39 is 52.5 Å². The molecule has 4 rings (SSSR count). The van der Waals surface area contributed by atoms with Gasteiger partial charge in [-0.25, -0.2) is 23.5 Å². The number of amides is 1. The van der Waals surface area contributed by atoms with Crippen LogP contribution < -0.4 is 15.3 Å². The Balaban J connectivity index is 1.87. The number of carbonyl (C=O) groups excluding carboxylic acids is 1. The lowest BCUT2D eigenvalue weighted by Gasteiger charge is -2.22. The molecule has 8 nitrogen and oxygen atoms in total. The first-order valence-electron chi connectivity index (χ1n) is 10.9. The number of halogens is 7. The number of oxazole rings is 1. The van der Waals surface area contributed by atoms with Gasteiger partial charge >= 0.3 is 24.1 Å². The van der Waals surface area contributed by atoms with Gasteiger partial charge in [-0.15, -0.1) is 0 Å². The second-order valence-electron chi connectivity index (χ2n) is 8.10. The maximum absolute atomic E-state index is 14.0. The Labute approximate surface area is 219 Å². The number of aromatic nitrogens is 3. The highest BCUT2D eigenvalue weighted by atomic mass is 19.4. The molecule has 0 atom stereocenters. The van der Waals surface area contributed by atoms with Crippen LogP contribution in [0.4, 0.5) is 41.2 Å². The van der Waals surface area contributed by atoms with E-state index in [1.165, 1.54) is 6.20 Å². The summed E-state index contributed by atoms with van der Waals surface area (Å²) in [6.07, 6.45) is -9.04. The van der Waals surface area contributed by atoms with Crippen LogP contribution in [0.5, 0.6) is 5.75 Å². The number of rotatable bonds is 3. The van der Waals surface area contributed by atoms with Gasteiger partial charge in [-0.3, -0.25) is 9.47 Å². The molecule has 0 bridgehead atoms. The molecule has 0 saturated carbocycles. The second kappa shape index (κ2) is 10.3. The molecule has 0 aliphatic carbocycles. The van der Waals surface area contributed by atoms with Gasteiger partial charge in [0.15, 0.2) is 5.75 Å².